The number of nitrogens with zero attached hydrogens (tertiary/aromatic N) is 1. The minimum absolute atomic E-state index is 0.0414. The number of sulfone groups is 1. The van der Waals surface area contributed by atoms with Crippen molar-refractivity contribution >= 4 is 25.5 Å². The normalized spacial score (nSPS) is 21.8. The van der Waals surface area contributed by atoms with Crippen molar-refractivity contribution in [2.45, 2.75) is 31.2 Å². The Balaban J connectivity index is 2.38. The lowest BCUT2D eigenvalue weighted by Crippen LogP contribution is -2.40. The Labute approximate surface area is 125 Å². The van der Waals surface area contributed by atoms with Crippen LogP contribution in [0.15, 0.2) is 23.1 Å². The van der Waals surface area contributed by atoms with Gasteiger partial charge in [-0.05, 0) is 31.0 Å². The van der Waals surface area contributed by atoms with E-state index in [2.05, 4.69) is 0 Å². The highest BCUT2D eigenvalue weighted by molar-refractivity contribution is 7.92. The molecule has 6 nitrogen and oxygen atoms in total. The molecule has 1 aliphatic heterocycles. The smallest absolute Gasteiger partial charge is 0.243 e. The van der Waals surface area contributed by atoms with Crippen LogP contribution >= 0.6 is 0 Å². The molecule has 8 heteroatoms. The van der Waals surface area contributed by atoms with E-state index in [1.807, 2.05) is 0 Å². The molecule has 2 rings (SSSR count). The molecular formula is C13H20N2O4S2. The summed E-state index contributed by atoms with van der Waals surface area (Å²) >= 11 is 0. The van der Waals surface area contributed by atoms with E-state index in [1.165, 1.54) is 16.4 Å². The minimum Gasteiger partial charge on any atom is -0.398 e. The molecule has 1 saturated heterocycles. The molecule has 0 spiro atoms. The second-order valence-corrected chi connectivity index (χ2v) is 9.40. The molecule has 0 radical (unpaired) electrons. The maximum atomic E-state index is 12.7. The van der Waals surface area contributed by atoms with Crippen molar-refractivity contribution in [2.24, 2.45) is 0 Å². The fraction of sp³-hybridized carbons (Fsp3) is 0.538. The van der Waals surface area contributed by atoms with Crippen molar-refractivity contribution in [1.82, 2.24) is 4.31 Å². The molecular weight excluding hydrogens is 312 g/mol. The first-order valence-corrected chi connectivity index (χ1v) is 10.0. The number of hydrogen-bond donors (Lipinski definition) is 1. The number of nitrogen functional groups attached to an aromatic ring is 1. The summed E-state index contributed by atoms with van der Waals surface area (Å²) in [7, 11) is -6.87. The van der Waals surface area contributed by atoms with E-state index in [1.54, 1.807) is 19.9 Å². The van der Waals surface area contributed by atoms with Gasteiger partial charge >= 0.3 is 0 Å². The molecule has 2 N–H and O–H groups in total. The lowest BCUT2D eigenvalue weighted by atomic mass is 10.2. The topological polar surface area (TPSA) is 97.5 Å². The van der Waals surface area contributed by atoms with E-state index >= 15 is 0 Å². The molecule has 0 aromatic heterocycles. The summed E-state index contributed by atoms with van der Waals surface area (Å²) in [4.78, 5) is 0.108. The zero-order valence-electron chi connectivity index (χ0n) is 12.1. The largest absolute Gasteiger partial charge is 0.398 e. The molecule has 1 aliphatic rings. The van der Waals surface area contributed by atoms with Crippen molar-refractivity contribution in [3.8, 4) is 0 Å². The van der Waals surface area contributed by atoms with Gasteiger partial charge in [0.1, 0.15) is 0 Å². The minimum atomic E-state index is -3.74. The van der Waals surface area contributed by atoms with E-state index in [0.717, 1.165) is 5.56 Å². The van der Waals surface area contributed by atoms with Gasteiger partial charge in [-0.2, -0.15) is 4.31 Å². The van der Waals surface area contributed by atoms with Gasteiger partial charge in [0.25, 0.3) is 0 Å². The summed E-state index contributed by atoms with van der Waals surface area (Å²) in [6.45, 7) is 3.74. The number of rotatable bonds is 4. The van der Waals surface area contributed by atoms with Gasteiger partial charge in [0.05, 0.1) is 16.4 Å². The fourth-order valence-electron chi connectivity index (χ4n) is 2.54. The molecule has 21 heavy (non-hydrogen) atoms. The number of anilines is 1. The van der Waals surface area contributed by atoms with Crippen LogP contribution in [0.4, 0.5) is 5.69 Å². The molecule has 1 unspecified atom stereocenters. The first-order valence-electron chi connectivity index (χ1n) is 6.76. The third-order valence-electron chi connectivity index (χ3n) is 3.78. The molecule has 0 bridgehead atoms. The highest BCUT2D eigenvalue weighted by Gasteiger charge is 2.37. The standard InChI is InChI=1S/C13H20N2O4S2/c1-3-15(11-6-7-20(16,17)9-11)21(18,19)12-5-4-10(2)13(14)8-12/h4-5,8,11H,3,6-7,9,14H2,1-2H3. The predicted octanol–water partition coefficient (Wildman–Crippen LogP) is 0.775. The number of nitrogens with two attached hydrogens (primary N) is 1. The second kappa shape index (κ2) is 5.58. The van der Waals surface area contributed by atoms with Crippen LogP contribution in [0.3, 0.4) is 0 Å². The van der Waals surface area contributed by atoms with Crippen molar-refractivity contribution in [3.05, 3.63) is 23.8 Å². The molecule has 0 aliphatic carbocycles. The van der Waals surface area contributed by atoms with Gasteiger partial charge in [0.15, 0.2) is 9.84 Å². The van der Waals surface area contributed by atoms with Crippen molar-refractivity contribution < 1.29 is 16.8 Å². The highest BCUT2D eigenvalue weighted by atomic mass is 32.2. The molecule has 1 fully saturated rings. The van der Waals surface area contributed by atoms with Gasteiger partial charge in [0.2, 0.25) is 10.0 Å². The molecule has 118 valence electrons. The maximum Gasteiger partial charge on any atom is 0.243 e. The highest BCUT2D eigenvalue weighted by Crippen LogP contribution is 2.26. The van der Waals surface area contributed by atoms with E-state index in [0.29, 0.717) is 12.1 Å². The third kappa shape index (κ3) is 3.22. The zero-order valence-corrected chi connectivity index (χ0v) is 13.7. The Bertz CT molecular complexity index is 741. The van der Waals surface area contributed by atoms with E-state index in [9.17, 15) is 16.8 Å². The maximum absolute atomic E-state index is 12.7. The SMILES string of the molecule is CCN(C1CCS(=O)(=O)C1)S(=O)(=O)c1ccc(C)c(N)c1. The monoisotopic (exact) mass is 332 g/mol. The Morgan fingerprint density at radius 2 is 2.05 bits per heavy atom. The summed E-state index contributed by atoms with van der Waals surface area (Å²) in [5, 5.41) is 0. The number of sulfonamides is 1. The van der Waals surface area contributed by atoms with E-state index in [-0.39, 0.29) is 22.9 Å². The van der Waals surface area contributed by atoms with Crippen LogP contribution in [0, 0.1) is 6.92 Å². The van der Waals surface area contributed by atoms with Gasteiger partial charge in [0, 0.05) is 18.3 Å². The Morgan fingerprint density at radius 1 is 1.38 bits per heavy atom. The Kier molecular flexibility index (Phi) is 4.32. The van der Waals surface area contributed by atoms with Crippen LogP contribution in [0.25, 0.3) is 0 Å². The van der Waals surface area contributed by atoms with Gasteiger partial charge in [-0.15, -0.1) is 0 Å². The van der Waals surface area contributed by atoms with Crippen LogP contribution in [0.5, 0.6) is 0 Å². The Morgan fingerprint density at radius 3 is 2.52 bits per heavy atom. The fourth-order valence-corrected chi connectivity index (χ4v) is 6.07. The van der Waals surface area contributed by atoms with Crippen LogP contribution < -0.4 is 5.73 Å². The average molecular weight is 332 g/mol. The van der Waals surface area contributed by atoms with Crippen molar-refractivity contribution in [3.63, 3.8) is 0 Å². The first-order chi connectivity index (χ1) is 9.67. The lowest BCUT2D eigenvalue weighted by Gasteiger charge is -2.26. The molecule has 0 amide bonds. The van der Waals surface area contributed by atoms with Crippen LogP contribution in [0.2, 0.25) is 0 Å². The number of benzene rings is 1. The van der Waals surface area contributed by atoms with Crippen LogP contribution in [0.1, 0.15) is 18.9 Å². The van der Waals surface area contributed by atoms with Crippen LogP contribution in [-0.4, -0.2) is 45.2 Å². The van der Waals surface area contributed by atoms with Crippen LogP contribution in [-0.2, 0) is 19.9 Å². The lowest BCUT2D eigenvalue weighted by molar-refractivity contribution is 0.354. The van der Waals surface area contributed by atoms with Crippen molar-refractivity contribution in [1.29, 1.82) is 0 Å². The zero-order chi connectivity index (χ0) is 15.8. The molecule has 0 saturated carbocycles. The average Bonchev–Trinajstić information content (AvgIpc) is 2.73. The van der Waals surface area contributed by atoms with Gasteiger partial charge in [-0.3, -0.25) is 0 Å². The van der Waals surface area contributed by atoms with E-state index in [4.69, 9.17) is 5.73 Å². The summed E-state index contributed by atoms with van der Waals surface area (Å²) in [5.74, 6) is -0.0683. The summed E-state index contributed by atoms with van der Waals surface area (Å²) in [6.07, 6.45) is 0.344. The number of hydrogen-bond acceptors (Lipinski definition) is 5. The van der Waals surface area contributed by atoms with Gasteiger partial charge < -0.3 is 5.73 Å². The summed E-state index contributed by atoms with van der Waals surface area (Å²) < 4.78 is 49.8. The summed E-state index contributed by atoms with van der Waals surface area (Å²) in [5.41, 5.74) is 6.99. The second-order valence-electron chi connectivity index (χ2n) is 5.28. The first kappa shape index (κ1) is 16.3. The predicted molar refractivity (Wildman–Crippen MR) is 82.2 cm³/mol. The Hall–Kier alpha value is -1.12. The molecule has 1 heterocycles. The summed E-state index contributed by atoms with van der Waals surface area (Å²) in [6, 6.07) is 4.10. The van der Waals surface area contributed by atoms with Crippen molar-refractivity contribution in [2.75, 3.05) is 23.8 Å². The number of aryl methyl sites for hydroxylation is 1. The quantitative estimate of drug-likeness (QED) is 0.822. The molecule has 1 atom stereocenters. The molecule has 1 aromatic carbocycles. The third-order valence-corrected chi connectivity index (χ3v) is 7.56. The van der Waals surface area contributed by atoms with Gasteiger partial charge in [-0.1, -0.05) is 13.0 Å². The van der Waals surface area contributed by atoms with Gasteiger partial charge in [-0.25, -0.2) is 16.8 Å². The van der Waals surface area contributed by atoms with E-state index < -0.39 is 25.9 Å². The molecule has 1 aromatic rings.